The van der Waals surface area contributed by atoms with Crippen LogP contribution in [0.2, 0.25) is 0 Å². The first-order valence-electron chi connectivity index (χ1n) is 8.41. The minimum Gasteiger partial charge on any atom is -0.366 e. The van der Waals surface area contributed by atoms with E-state index < -0.39 is 5.91 Å². The maximum atomic E-state index is 11.1. The molecule has 1 aliphatic heterocycles. The molecule has 1 aromatic carbocycles. The predicted molar refractivity (Wildman–Crippen MR) is 94.3 cm³/mol. The average molecular weight is 316 g/mol. The van der Waals surface area contributed by atoms with Crippen molar-refractivity contribution >= 4 is 11.9 Å². The molecule has 0 aromatic heterocycles. The maximum Gasteiger partial charge on any atom is 0.248 e. The second-order valence-corrected chi connectivity index (χ2v) is 6.58. The number of hydrogen-bond donors (Lipinski definition) is 2. The number of amides is 1. The molecule has 3 N–H and O–H groups in total. The lowest BCUT2D eigenvalue weighted by Crippen LogP contribution is -2.48. The summed E-state index contributed by atoms with van der Waals surface area (Å²) in [6.07, 6.45) is 1.28. The largest absolute Gasteiger partial charge is 0.366 e. The Morgan fingerprint density at radius 1 is 1.26 bits per heavy atom. The van der Waals surface area contributed by atoms with Crippen molar-refractivity contribution in [3.8, 4) is 0 Å². The number of aliphatic imine (C=N–C) groups is 1. The van der Waals surface area contributed by atoms with Crippen molar-refractivity contribution in [2.45, 2.75) is 33.7 Å². The molecular weight excluding hydrogens is 288 g/mol. The number of carbonyl (C=O) groups is 1. The van der Waals surface area contributed by atoms with E-state index in [0.29, 0.717) is 23.9 Å². The number of carbonyl (C=O) groups excluding carboxylic acids is 1. The van der Waals surface area contributed by atoms with E-state index >= 15 is 0 Å². The third-order valence-corrected chi connectivity index (χ3v) is 4.15. The first kappa shape index (κ1) is 17.3. The summed E-state index contributed by atoms with van der Waals surface area (Å²) < 4.78 is 0. The van der Waals surface area contributed by atoms with Crippen LogP contribution in [0.3, 0.4) is 0 Å². The van der Waals surface area contributed by atoms with Crippen LogP contribution in [0.5, 0.6) is 0 Å². The molecule has 5 heteroatoms. The Kier molecular flexibility index (Phi) is 6.02. The highest BCUT2D eigenvalue weighted by atomic mass is 16.1. The topological polar surface area (TPSA) is 70.7 Å². The van der Waals surface area contributed by atoms with Crippen LogP contribution in [0.15, 0.2) is 29.3 Å². The van der Waals surface area contributed by atoms with Crippen LogP contribution in [0.1, 0.15) is 43.1 Å². The van der Waals surface area contributed by atoms with E-state index in [1.54, 1.807) is 12.1 Å². The van der Waals surface area contributed by atoms with Gasteiger partial charge in [0.25, 0.3) is 0 Å². The molecule has 1 amide bonds. The van der Waals surface area contributed by atoms with Gasteiger partial charge in [0.1, 0.15) is 0 Å². The number of likely N-dealkylation sites (tertiary alicyclic amines) is 1. The van der Waals surface area contributed by atoms with Gasteiger partial charge in [0, 0.05) is 25.2 Å². The lowest BCUT2D eigenvalue weighted by Gasteiger charge is -2.37. The third-order valence-electron chi connectivity index (χ3n) is 4.15. The van der Waals surface area contributed by atoms with Gasteiger partial charge in [-0.2, -0.15) is 0 Å². The van der Waals surface area contributed by atoms with Crippen LogP contribution in [0, 0.1) is 11.8 Å². The summed E-state index contributed by atoms with van der Waals surface area (Å²) in [4.78, 5) is 18.2. The lowest BCUT2D eigenvalue weighted by molar-refractivity contribution is 0.100. The van der Waals surface area contributed by atoms with Gasteiger partial charge in [0.2, 0.25) is 5.91 Å². The Labute approximate surface area is 139 Å². The molecule has 23 heavy (non-hydrogen) atoms. The van der Waals surface area contributed by atoms with Gasteiger partial charge in [-0.25, -0.2) is 4.99 Å². The van der Waals surface area contributed by atoms with Crippen LogP contribution >= 0.6 is 0 Å². The summed E-state index contributed by atoms with van der Waals surface area (Å²) in [6, 6.07) is 7.33. The summed E-state index contributed by atoms with van der Waals surface area (Å²) in [5.41, 5.74) is 6.87. The van der Waals surface area contributed by atoms with Gasteiger partial charge >= 0.3 is 0 Å². The van der Waals surface area contributed by atoms with Gasteiger partial charge in [-0.15, -0.1) is 0 Å². The molecule has 1 fully saturated rings. The number of guanidine groups is 1. The number of benzene rings is 1. The monoisotopic (exact) mass is 316 g/mol. The zero-order valence-electron chi connectivity index (χ0n) is 14.4. The molecule has 0 spiro atoms. The van der Waals surface area contributed by atoms with Crippen LogP contribution in [0.25, 0.3) is 0 Å². The van der Waals surface area contributed by atoms with E-state index in [0.717, 1.165) is 31.2 Å². The second kappa shape index (κ2) is 7.99. The fourth-order valence-corrected chi connectivity index (χ4v) is 3.20. The van der Waals surface area contributed by atoms with Gasteiger partial charge in [-0.05, 0) is 42.9 Å². The molecule has 2 rings (SSSR count). The number of nitrogens with two attached hydrogens (primary N) is 1. The van der Waals surface area contributed by atoms with E-state index in [2.05, 4.69) is 31.0 Å². The molecular formula is C18H28N4O. The maximum absolute atomic E-state index is 11.1. The Bertz CT molecular complexity index is 543. The predicted octanol–water partition coefficient (Wildman–Crippen LogP) is 2.23. The van der Waals surface area contributed by atoms with Crippen molar-refractivity contribution in [3.05, 3.63) is 35.4 Å². The van der Waals surface area contributed by atoms with Crippen LogP contribution in [-0.4, -0.2) is 36.4 Å². The molecule has 0 radical (unpaired) electrons. The number of nitrogens with one attached hydrogen (secondary N) is 1. The first-order valence-corrected chi connectivity index (χ1v) is 8.41. The molecule has 2 atom stereocenters. The summed E-state index contributed by atoms with van der Waals surface area (Å²) in [5, 5.41) is 3.40. The van der Waals surface area contributed by atoms with Crippen LogP contribution in [0.4, 0.5) is 0 Å². The van der Waals surface area contributed by atoms with Crippen molar-refractivity contribution in [2.24, 2.45) is 22.6 Å². The fourth-order valence-electron chi connectivity index (χ4n) is 3.20. The Morgan fingerprint density at radius 3 is 2.39 bits per heavy atom. The van der Waals surface area contributed by atoms with E-state index in [1.165, 1.54) is 6.42 Å². The normalized spacial score (nSPS) is 22.0. The highest BCUT2D eigenvalue weighted by Crippen LogP contribution is 2.21. The summed E-state index contributed by atoms with van der Waals surface area (Å²) in [7, 11) is 0. The lowest BCUT2D eigenvalue weighted by atomic mass is 9.92. The second-order valence-electron chi connectivity index (χ2n) is 6.58. The first-order chi connectivity index (χ1) is 11.0. The van der Waals surface area contributed by atoms with Gasteiger partial charge in [-0.1, -0.05) is 26.0 Å². The SMILES string of the molecule is CCNC(=NCc1ccc(C(N)=O)cc1)N1CC(C)CC(C)C1. The van der Waals surface area contributed by atoms with Crippen molar-refractivity contribution < 1.29 is 4.79 Å². The van der Waals surface area contributed by atoms with Crippen LogP contribution < -0.4 is 11.1 Å². The molecule has 0 bridgehead atoms. The molecule has 0 saturated carbocycles. The number of primary amides is 1. The van der Waals surface area contributed by atoms with Gasteiger partial charge in [0.15, 0.2) is 5.96 Å². The molecule has 1 saturated heterocycles. The van der Waals surface area contributed by atoms with Crippen molar-refractivity contribution in [1.82, 2.24) is 10.2 Å². The number of nitrogens with zero attached hydrogens (tertiary/aromatic N) is 2. The molecule has 1 heterocycles. The fraction of sp³-hybridized carbons (Fsp3) is 0.556. The zero-order chi connectivity index (χ0) is 16.8. The highest BCUT2D eigenvalue weighted by Gasteiger charge is 2.23. The van der Waals surface area contributed by atoms with E-state index in [1.807, 2.05) is 12.1 Å². The van der Waals surface area contributed by atoms with Gasteiger partial charge in [0.05, 0.1) is 6.54 Å². The van der Waals surface area contributed by atoms with E-state index in [-0.39, 0.29) is 0 Å². The Hall–Kier alpha value is -2.04. The summed E-state index contributed by atoms with van der Waals surface area (Å²) in [6.45, 7) is 10.3. The highest BCUT2D eigenvalue weighted by molar-refractivity contribution is 5.92. The molecule has 5 nitrogen and oxygen atoms in total. The standard InChI is InChI=1S/C18H28N4O/c1-4-20-18(22-11-13(2)9-14(3)12-22)21-10-15-5-7-16(8-6-15)17(19)23/h5-8,13-14H,4,9-12H2,1-3H3,(H2,19,23)(H,20,21). The van der Waals surface area contributed by atoms with Gasteiger partial charge < -0.3 is 16.0 Å². The Balaban J connectivity index is 2.07. The molecule has 126 valence electrons. The van der Waals surface area contributed by atoms with Crippen molar-refractivity contribution in [1.29, 1.82) is 0 Å². The van der Waals surface area contributed by atoms with Crippen molar-refractivity contribution in [2.75, 3.05) is 19.6 Å². The van der Waals surface area contributed by atoms with Gasteiger partial charge in [-0.3, -0.25) is 4.79 Å². The third kappa shape index (κ3) is 4.98. The minimum atomic E-state index is -0.398. The summed E-state index contributed by atoms with van der Waals surface area (Å²) in [5.74, 6) is 1.96. The zero-order valence-corrected chi connectivity index (χ0v) is 14.4. The van der Waals surface area contributed by atoms with E-state index in [4.69, 9.17) is 10.7 Å². The number of rotatable bonds is 4. The van der Waals surface area contributed by atoms with E-state index in [9.17, 15) is 4.79 Å². The smallest absolute Gasteiger partial charge is 0.248 e. The summed E-state index contributed by atoms with van der Waals surface area (Å²) >= 11 is 0. The average Bonchev–Trinajstić information content (AvgIpc) is 2.50. The molecule has 1 aliphatic rings. The van der Waals surface area contributed by atoms with Crippen molar-refractivity contribution in [3.63, 3.8) is 0 Å². The minimum absolute atomic E-state index is 0.398. The number of piperidine rings is 1. The number of hydrogen-bond acceptors (Lipinski definition) is 2. The quantitative estimate of drug-likeness (QED) is 0.661. The van der Waals surface area contributed by atoms with Crippen LogP contribution in [-0.2, 0) is 6.54 Å². The molecule has 1 aromatic rings. The molecule has 2 unspecified atom stereocenters. The Morgan fingerprint density at radius 2 is 1.87 bits per heavy atom. The molecule has 0 aliphatic carbocycles.